The summed E-state index contributed by atoms with van der Waals surface area (Å²) >= 11 is -1.92. The Labute approximate surface area is 73.1 Å². The zero-order valence-electron chi connectivity index (χ0n) is 5.03. The summed E-state index contributed by atoms with van der Waals surface area (Å²) in [6, 6.07) is 0. The molecule has 9 heavy (non-hydrogen) atoms. The minimum atomic E-state index is -1.92. The Bertz CT molecular complexity index is 57.0. The standard InChI is InChI=1S/C4H8O.3ClH.Ti/c1-2-3-4-5;;;;/h4H,2-3H2,1H3;3*1H;/q;;;;+3/p-3. The van der Waals surface area contributed by atoms with E-state index in [1.807, 2.05) is 6.92 Å². The molecular formula is C4H8Cl3OTi. The average molecular weight is 226 g/mol. The van der Waals surface area contributed by atoms with E-state index >= 15 is 0 Å². The minimum absolute atomic E-state index is 0.708. The van der Waals surface area contributed by atoms with E-state index in [-0.39, 0.29) is 0 Å². The van der Waals surface area contributed by atoms with Crippen LogP contribution in [0, 0.1) is 0 Å². The maximum absolute atomic E-state index is 9.40. The van der Waals surface area contributed by atoms with Gasteiger partial charge in [0.2, 0.25) is 0 Å². The van der Waals surface area contributed by atoms with Crippen molar-refractivity contribution in [3.63, 3.8) is 0 Å². The fourth-order valence-electron chi connectivity index (χ4n) is 0.118. The summed E-state index contributed by atoms with van der Waals surface area (Å²) in [5.74, 6) is 0. The number of aldehydes is 1. The molecule has 0 saturated heterocycles. The number of carbonyl (C=O) groups is 1. The van der Waals surface area contributed by atoms with Crippen LogP contribution in [0.4, 0.5) is 0 Å². The third-order valence-electron chi connectivity index (χ3n) is 0.407. The molecule has 0 heterocycles. The topological polar surface area (TPSA) is 17.1 Å². The summed E-state index contributed by atoms with van der Waals surface area (Å²) in [4.78, 5) is 9.40. The van der Waals surface area contributed by atoms with Gasteiger partial charge in [0, 0.05) is 6.42 Å². The molecule has 0 aliphatic rings. The van der Waals surface area contributed by atoms with Crippen LogP contribution in [0.25, 0.3) is 0 Å². The van der Waals surface area contributed by atoms with Gasteiger partial charge in [-0.15, -0.1) is 0 Å². The molecule has 0 bridgehead atoms. The van der Waals surface area contributed by atoms with Gasteiger partial charge in [-0.2, -0.15) is 0 Å². The van der Waals surface area contributed by atoms with Crippen LogP contribution in [0.3, 0.4) is 0 Å². The third-order valence-corrected chi connectivity index (χ3v) is 0.407. The Balaban J connectivity index is 0. The fourth-order valence-corrected chi connectivity index (χ4v) is 0.118. The van der Waals surface area contributed by atoms with Crippen LogP contribution in [0.1, 0.15) is 19.8 Å². The van der Waals surface area contributed by atoms with Gasteiger partial charge >= 0.3 is 42.6 Å². The van der Waals surface area contributed by atoms with E-state index in [2.05, 4.69) is 0 Å². The van der Waals surface area contributed by atoms with Gasteiger partial charge < -0.3 is 4.79 Å². The van der Waals surface area contributed by atoms with Crippen molar-refractivity contribution in [1.82, 2.24) is 0 Å². The average Bonchev–Trinajstić information content (AvgIpc) is 1.66. The number of carbonyl (C=O) groups excluding carboxylic acids is 1. The van der Waals surface area contributed by atoms with E-state index in [4.69, 9.17) is 27.9 Å². The second-order valence-corrected chi connectivity index (χ2v) is 8.91. The summed E-state index contributed by atoms with van der Waals surface area (Å²) in [5.41, 5.74) is 0. The van der Waals surface area contributed by atoms with E-state index < -0.39 is 14.7 Å². The van der Waals surface area contributed by atoms with Gasteiger partial charge in [-0.25, -0.2) is 0 Å². The Morgan fingerprint density at radius 1 is 1.44 bits per heavy atom. The number of rotatable bonds is 2. The van der Waals surface area contributed by atoms with E-state index in [1.54, 1.807) is 0 Å². The molecule has 0 radical (unpaired) electrons. The van der Waals surface area contributed by atoms with Crippen molar-refractivity contribution >= 4 is 34.2 Å². The van der Waals surface area contributed by atoms with Gasteiger partial charge in [0.25, 0.3) is 0 Å². The van der Waals surface area contributed by atoms with Crippen molar-refractivity contribution in [1.29, 1.82) is 0 Å². The molecule has 0 unspecified atom stereocenters. The van der Waals surface area contributed by atoms with Crippen molar-refractivity contribution in [3.8, 4) is 0 Å². The van der Waals surface area contributed by atoms with Crippen molar-refractivity contribution in [2.45, 2.75) is 19.8 Å². The molecule has 55 valence electrons. The first kappa shape index (κ1) is 12.9. The molecule has 0 amide bonds. The molecule has 0 aromatic heterocycles. The normalized spacial score (nSPS) is 7.11. The molecule has 0 aliphatic heterocycles. The van der Waals surface area contributed by atoms with Crippen LogP contribution in [0.5, 0.6) is 0 Å². The van der Waals surface area contributed by atoms with E-state index in [1.165, 1.54) is 0 Å². The van der Waals surface area contributed by atoms with Gasteiger partial charge in [0.1, 0.15) is 6.29 Å². The number of halogens is 3. The number of unbranched alkanes of at least 4 members (excludes halogenated alkanes) is 1. The molecule has 0 N–H and O–H groups in total. The number of hydrogen-bond acceptors (Lipinski definition) is 1. The fraction of sp³-hybridized carbons (Fsp3) is 0.750. The van der Waals surface area contributed by atoms with Gasteiger partial charge in [-0.3, -0.25) is 0 Å². The molecule has 0 atom stereocenters. The van der Waals surface area contributed by atoms with E-state index in [0.29, 0.717) is 6.42 Å². The van der Waals surface area contributed by atoms with Gasteiger partial charge in [-0.05, 0) is 6.42 Å². The summed E-state index contributed by atoms with van der Waals surface area (Å²) in [7, 11) is 14.9. The van der Waals surface area contributed by atoms with Crippen LogP contribution in [-0.2, 0) is 19.5 Å². The van der Waals surface area contributed by atoms with Gasteiger partial charge in [0.05, 0.1) is 0 Å². The molecule has 0 aliphatic carbocycles. The molecule has 5 heteroatoms. The second kappa shape index (κ2) is 12.0. The van der Waals surface area contributed by atoms with Crippen LogP contribution < -0.4 is 0 Å². The van der Waals surface area contributed by atoms with Crippen LogP contribution in [0.15, 0.2) is 0 Å². The Kier molecular flexibility index (Phi) is 17.2. The molecule has 0 saturated carbocycles. The van der Waals surface area contributed by atoms with Crippen molar-refractivity contribution in [3.05, 3.63) is 0 Å². The van der Waals surface area contributed by atoms with Crippen LogP contribution in [0.2, 0.25) is 0 Å². The van der Waals surface area contributed by atoms with Crippen LogP contribution in [-0.4, -0.2) is 6.29 Å². The monoisotopic (exact) mass is 225 g/mol. The SMILES string of the molecule is CCCC=O.[Cl][Ti]([Cl])[Cl]. The molecule has 0 fully saturated rings. The van der Waals surface area contributed by atoms with Crippen molar-refractivity contribution in [2.24, 2.45) is 0 Å². The summed E-state index contributed by atoms with van der Waals surface area (Å²) in [6.45, 7) is 1.98. The Morgan fingerprint density at radius 2 is 1.78 bits per heavy atom. The molecule has 0 spiro atoms. The zero-order chi connectivity index (χ0) is 7.70. The molecule has 0 rings (SSSR count). The molecular weight excluding hydrogens is 218 g/mol. The third kappa shape index (κ3) is 46.0. The predicted octanol–water partition coefficient (Wildman–Crippen LogP) is 3.05. The summed E-state index contributed by atoms with van der Waals surface area (Å²) in [6.07, 6.45) is 2.61. The second-order valence-electron chi connectivity index (χ2n) is 1.17. The predicted molar refractivity (Wildman–Crippen MR) is 38.5 cm³/mol. The van der Waals surface area contributed by atoms with Crippen molar-refractivity contribution < 1.29 is 19.5 Å². The van der Waals surface area contributed by atoms with E-state index in [0.717, 1.165) is 12.7 Å². The molecule has 0 aromatic carbocycles. The van der Waals surface area contributed by atoms with E-state index in [9.17, 15) is 4.79 Å². The quantitative estimate of drug-likeness (QED) is 0.522. The first-order valence-electron chi connectivity index (χ1n) is 2.42. The van der Waals surface area contributed by atoms with Gasteiger partial charge in [0.15, 0.2) is 0 Å². The Morgan fingerprint density at radius 3 is 1.78 bits per heavy atom. The number of hydrogen-bond donors (Lipinski definition) is 0. The van der Waals surface area contributed by atoms with Crippen molar-refractivity contribution in [2.75, 3.05) is 0 Å². The first-order chi connectivity index (χ1) is 4.15. The Hall–Kier alpha value is 1.25. The van der Waals surface area contributed by atoms with Crippen LogP contribution >= 0.6 is 27.9 Å². The summed E-state index contributed by atoms with van der Waals surface area (Å²) in [5, 5.41) is 0. The summed E-state index contributed by atoms with van der Waals surface area (Å²) < 4.78 is 0. The molecule has 0 aromatic rings. The zero-order valence-corrected chi connectivity index (χ0v) is 8.86. The first-order valence-corrected chi connectivity index (χ1v) is 8.86. The maximum atomic E-state index is 9.40. The van der Waals surface area contributed by atoms with Gasteiger partial charge in [-0.1, -0.05) is 6.92 Å². The molecule has 1 nitrogen and oxygen atoms in total.